The van der Waals surface area contributed by atoms with Crippen LogP contribution in [0.1, 0.15) is 32.6 Å². The number of non-ortho nitro benzene ring substituents is 1. The molecule has 23 heavy (non-hydrogen) atoms. The molecule has 0 radical (unpaired) electrons. The third-order valence-corrected chi connectivity index (χ3v) is 3.66. The highest BCUT2D eigenvalue weighted by atomic mass is 35.6. The summed E-state index contributed by atoms with van der Waals surface area (Å²) in [5, 5.41) is 16.2. The first-order valence-electron chi connectivity index (χ1n) is 7.11. The van der Waals surface area contributed by atoms with Crippen LogP contribution in [0.25, 0.3) is 0 Å². The van der Waals surface area contributed by atoms with Crippen LogP contribution in [-0.4, -0.2) is 20.8 Å². The van der Waals surface area contributed by atoms with E-state index >= 15 is 0 Å². The molecule has 1 rings (SSSR count). The minimum Gasteiger partial charge on any atom is -0.362 e. The molecule has 0 aromatic heterocycles. The zero-order valence-corrected chi connectivity index (χ0v) is 14.8. The summed E-state index contributed by atoms with van der Waals surface area (Å²) in [7, 11) is 0. The van der Waals surface area contributed by atoms with Crippen LogP contribution in [0, 0.1) is 10.1 Å². The number of unbranched alkanes of at least 4 members (excludes halogenated alkanes) is 2. The minimum absolute atomic E-state index is 0.104. The second kappa shape index (κ2) is 9.15. The van der Waals surface area contributed by atoms with Gasteiger partial charge in [-0.3, -0.25) is 14.9 Å². The van der Waals surface area contributed by atoms with Crippen LogP contribution in [0.5, 0.6) is 0 Å². The number of nitro benzene ring substituents is 1. The van der Waals surface area contributed by atoms with Crippen molar-refractivity contribution in [1.82, 2.24) is 5.32 Å². The zero-order valence-electron chi connectivity index (χ0n) is 12.5. The molecular weight excluding hydrogens is 365 g/mol. The molecule has 0 aliphatic heterocycles. The Morgan fingerprint density at radius 2 is 2.04 bits per heavy atom. The third kappa shape index (κ3) is 7.24. The second-order valence-corrected chi connectivity index (χ2v) is 7.32. The Morgan fingerprint density at radius 1 is 1.35 bits per heavy atom. The average molecular weight is 383 g/mol. The van der Waals surface area contributed by atoms with E-state index < -0.39 is 14.9 Å². The Bertz CT molecular complexity index is 550. The van der Waals surface area contributed by atoms with Gasteiger partial charge < -0.3 is 10.6 Å². The molecule has 1 unspecified atom stereocenters. The molecule has 0 saturated heterocycles. The number of anilines is 1. The van der Waals surface area contributed by atoms with E-state index in [4.69, 9.17) is 34.8 Å². The number of amides is 1. The minimum atomic E-state index is -1.81. The van der Waals surface area contributed by atoms with E-state index in [9.17, 15) is 14.9 Å². The lowest BCUT2D eigenvalue weighted by molar-refractivity contribution is -0.384. The second-order valence-electron chi connectivity index (χ2n) is 4.95. The maximum absolute atomic E-state index is 11.9. The van der Waals surface area contributed by atoms with Crippen molar-refractivity contribution >= 4 is 52.1 Å². The fourth-order valence-electron chi connectivity index (χ4n) is 1.84. The molecule has 128 valence electrons. The number of alkyl halides is 3. The van der Waals surface area contributed by atoms with Crippen LogP contribution in [-0.2, 0) is 4.79 Å². The van der Waals surface area contributed by atoms with Gasteiger partial charge in [0.15, 0.2) is 0 Å². The van der Waals surface area contributed by atoms with Crippen LogP contribution in [0.15, 0.2) is 24.3 Å². The van der Waals surface area contributed by atoms with Gasteiger partial charge in [0, 0.05) is 24.2 Å². The first-order valence-corrected chi connectivity index (χ1v) is 8.24. The summed E-state index contributed by atoms with van der Waals surface area (Å²) in [5.41, 5.74) is 0.261. The predicted octanol–water partition coefficient (Wildman–Crippen LogP) is 4.40. The molecule has 9 heteroatoms. The van der Waals surface area contributed by atoms with Crippen LogP contribution in [0.3, 0.4) is 0 Å². The van der Waals surface area contributed by atoms with Gasteiger partial charge in [-0.25, -0.2) is 0 Å². The van der Waals surface area contributed by atoms with Crippen LogP contribution in [0.2, 0.25) is 0 Å². The molecule has 0 bridgehead atoms. The lowest BCUT2D eigenvalue weighted by atomic mass is 10.2. The number of benzene rings is 1. The fourth-order valence-corrected chi connectivity index (χ4v) is 2.17. The molecule has 0 fully saturated rings. The summed E-state index contributed by atoms with van der Waals surface area (Å²) in [6.45, 7) is 2.03. The van der Waals surface area contributed by atoms with Gasteiger partial charge in [0.25, 0.3) is 5.69 Å². The molecule has 1 aromatic carbocycles. The van der Waals surface area contributed by atoms with Crippen LogP contribution < -0.4 is 10.6 Å². The number of nitrogens with one attached hydrogen (secondary N) is 2. The number of nitro groups is 1. The summed E-state index contributed by atoms with van der Waals surface area (Å²) in [4.78, 5) is 22.2. The van der Waals surface area contributed by atoms with Crippen LogP contribution >= 0.6 is 34.8 Å². The Morgan fingerprint density at radius 3 is 2.61 bits per heavy atom. The summed E-state index contributed by atoms with van der Waals surface area (Å²) < 4.78 is -1.81. The molecule has 2 N–H and O–H groups in total. The fraction of sp³-hybridized carbons (Fsp3) is 0.500. The Hall–Kier alpha value is -1.24. The van der Waals surface area contributed by atoms with Gasteiger partial charge in [-0.05, 0) is 12.5 Å². The highest BCUT2D eigenvalue weighted by Gasteiger charge is 2.34. The topological polar surface area (TPSA) is 84.3 Å². The molecule has 0 aliphatic rings. The highest BCUT2D eigenvalue weighted by Crippen LogP contribution is 2.31. The van der Waals surface area contributed by atoms with Crippen LogP contribution in [0.4, 0.5) is 11.4 Å². The summed E-state index contributed by atoms with van der Waals surface area (Å²) >= 11 is 17.6. The lowest BCUT2D eigenvalue weighted by Gasteiger charge is -2.27. The number of carbonyl (C=O) groups excluding carboxylic acids is 1. The van der Waals surface area contributed by atoms with Crippen molar-refractivity contribution in [2.24, 2.45) is 0 Å². The first kappa shape index (κ1) is 19.8. The average Bonchev–Trinajstić information content (AvgIpc) is 2.46. The predicted molar refractivity (Wildman–Crippen MR) is 93.1 cm³/mol. The van der Waals surface area contributed by atoms with E-state index in [1.165, 1.54) is 18.2 Å². The monoisotopic (exact) mass is 381 g/mol. The van der Waals surface area contributed by atoms with Gasteiger partial charge in [0.2, 0.25) is 9.70 Å². The van der Waals surface area contributed by atoms with E-state index in [1.54, 1.807) is 6.07 Å². The van der Waals surface area contributed by atoms with Gasteiger partial charge in [0.05, 0.1) is 4.92 Å². The Kier molecular flexibility index (Phi) is 7.88. The molecule has 0 aliphatic carbocycles. The quantitative estimate of drug-likeness (QED) is 0.229. The van der Waals surface area contributed by atoms with E-state index in [1.807, 2.05) is 6.92 Å². The Labute approximate surface area is 149 Å². The maximum atomic E-state index is 11.9. The van der Waals surface area contributed by atoms with Crippen molar-refractivity contribution < 1.29 is 9.72 Å². The molecular formula is C14H18Cl3N3O3. The first-order chi connectivity index (χ1) is 10.7. The van der Waals surface area contributed by atoms with Crippen molar-refractivity contribution in [3.63, 3.8) is 0 Å². The zero-order chi connectivity index (χ0) is 17.5. The molecule has 1 atom stereocenters. The molecule has 6 nitrogen and oxygen atoms in total. The van der Waals surface area contributed by atoms with Crippen molar-refractivity contribution in [3.05, 3.63) is 34.4 Å². The summed E-state index contributed by atoms with van der Waals surface area (Å²) in [5.74, 6) is -0.257. The van der Waals surface area contributed by atoms with E-state index in [0.29, 0.717) is 12.1 Å². The summed E-state index contributed by atoms with van der Waals surface area (Å²) in [6, 6.07) is 5.73. The van der Waals surface area contributed by atoms with Gasteiger partial charge in [0.1, 0.15) is 6.17 Å². The molecule has 0 spiro atoms. The van der Waals surface area contributed by atoms with Crippen molar-refractivity contribution in [2.45, 2.75) is 42.6 Å². The van der Waals surface area contributed by atoms with E-state index in [-0.39, 0.29) is 11.6 Å². The largest absolute Gasteiger partial charge is 0.362 e. The number of halogens is 3. The third-order valence-electron chi connectivity index (χ3n) is 3.01. The van der Waals surface area contributed by atoms with Gasteiger partial charge in [-0.15, -0.1) is 0 Å². The number of hydrogen-bond acceptors (Lipinski definition) is 4. The number of rotatable bonds is 8. The SMILES string of the molecule is CCCCCC(=O)NC(Nc1cccc([N+](=O)[O-])c1)C(Cl)(Cl)Cl. The van der Waals surface area contributed by atoms with Gasteiger partial charge in [-0.2, -0.15) is 0 Å². The molecule has 1 amide bonds. The lowest BCUT2D eigenvalue weighted by Crippen LogP contribution is -2.49. The number of nitrogens with zero attached hydrogens (tertiary/aromatic N) is 1. The number of hydrogen-bond donors (Lipinski definition) is 2. The number of carbonyl (C=O) groups is 1. The normalized spacial score (nSPS) is 12.5. The highest BCUT2D eigenvalue weighted by molar-refractivity contribution is 6.68. The standard InChI is InChI=1S/C14H18Cl3N3O3/c1-2-3-4-8-12(21)19-13(14(15,16)17)18-10-6-5-7-11(9-10)20(22)23/h5-7,9,13,18H,2-4,8H2,1H3,(H,19,21). The maximum Gasteiger partial charge on any atom is 0.271 e. The molecule has 1 aromatic rings. The smallest absolute Gasteiger partial charge is 0.271 e. The van der Waals surface area contributed by atoms with Crippen molar-refractivity contribution in [1.29, 1.82) is 0 Å². The molecule has 0 heterocycles. The van der Waals surface area contributed by atoms with E-state index in [0.717, 1.165) is 19.3 Å². The summed E-state index contributed by atoms with van der Waals surface area (Å²) in [6.07, 6.45) is 1.98. The van der Waals surface area contributed by atoms with E-state index in [2.05, 4.69) is 10.6 Å². The van der Waals surface area contributed by atoms with Crippen molar-refractivity contribution in [2.75, 3.05) is 5.32 Å². The van der Waals surface area contributed by atoms with Crippen molar-refractivity contribution in [3.8, 4) is 0 Å². The van der Waals surface area contributed by atoms with Gasteiger partial charge >= 0.3 is 0 Å². The Balaban J connectivity index is 2.77. The molecule has 0 saturated carbocycles. The van der Waals surface area contributed by atoms with Gasteiger partial charge in [-0.1, -0.05) is 60.6 Å².